The van der Waals surface area contributed by atoms with Crippen molar-refractivity contribution in [3.05, 3.63) is 65.2 Å². The summed E-state index contributed by atoms with van der Waals surface area (Å²) in [4.78, 5) is 4.20. The summed E-state index contributed by atoms with van der Waals surface area (Å²) in [6.07, 6.45) is 3.55. The van der Waals surface area contributed by atoms with Crippen LogP contribution in [-0.4, -0.2) is 18.9 Å². The lowest BCUT2D eigenvalue weighted by molar-refractivity contribution is 0.174. The molecule has 0 bridgehead atoms. The minimum atomic E-state index is 0.200. The van der Waals surface area contributed by atoms with Crippen LogP contribution in [0.1, 0.15) is 22.7 Å². The van der Waals surface area contributed by atoms with Gasteiger partial charge in [-0.1, -0.05) is 18.2 Å². The molecule has 0 radical (unpaired) electrons. The van der Waals surface area contributed by atoms with Gasteiger partial charge in [-0.25, -0.2) is 0 Å². The highest BCUT2D eigenvalue weighted by Gasteiger charge is 2.15. The van der Waals surface area contributed by atoms with Crippen LogP contribution < -0.4 is 19.5 Å². The summed E-state index contributed by atoms with van der Waals surface area (Å²) < 4.78 is 21.6. The van der Waals surface area contributed by atoms with Crippen molar-refractivity contribution in [3.8, 4) is 23.3 Å². The fraction of sp³-hybridized carbons (Fsp3) is 0.143. The minimum absolute atomic E-state index is 0.200. The standard InChI is InChI=1S/C21H17N3O4/c1-25-16-4-2-3-14(9-16)6-8-20-24-17(11-22)21(28-20)23-12-15-5-7-18-19(10-15)27-13-26-18/h2-10,23H,12-13H2,1H3. The van der Waals surface area contributed by atoms with E-state index < -0.39 is 0 Å². The van der Waals surface area contributed by atoms with Gasteiger partial charge < -0.3 is 23.9 Å². The molecule has 0 aliphatic carbocycles. The first-order valence-electron chi connectivity index (χ1n) is 8.60. The lowest BCUT2D eigenvalue weighted by atomic mass is 10.2. The number of hydrogen-bond donors (Lipinski definition) is 1. The molecule has 140 valence electrons. The normalized spacial score (nSPS) is 12.1. The maximum absolute atomic E-state index is 9.32. The first-order chi connectivity index (χ1) is 13.7. The van der Waals surface area contributed by atoms with Gasteiger partial charge in [0.1, 0.15) is 11.8 Å². The molecule has 0 fully saturated rings. The van der Waals surface area contributed by atoms with Crippen LogP contribution in [0.2, 0.25) is 0 Å². The number of nitrogens with one attached hydrogen (secondary N) is 1. The Morgan fingerprint density at radius 1 is 1.18 bits per heavy atom. The van der Waals surface area contributed by atoms with Crippen molar-refractivity contribution < 1.29 is 18.6 Å². The highest BCUT2D eigenvalue weighted by molar-refractivity contribution is 5.68. The van der Waals surface area contributed by atoms with Gasteiger partial charge in [0, 0.05) is 12.6 Å². The van der Waals surface area contributed by atoms with Gasteiger partial charge in [0.2, 0.25) is 24.3 Å². The Hall–Kier alpha value is -3.92. The van der Waals surface area contributed by atoms with Crippen LogP contribution in [0.25, 0.3) is 12.2 Å². The molecule has 0 spiro atoms. The molecule has 3 aromatic rings. The third-order valence-electron chi connectivity index (χ3n) is 4.15. The van der Waals surface area contributed by atoms with E-state index in [0.29, 0.717) is 24.1 Å². The highest BCUT2D eigenvalue weighted by atomic mass is 16.7. The van der Waals surface area contributed by atoms with E-state index in [4.69, 9.17) is 18.6 Å². The first-order valence-corrected chi connectivity index (χ1v) is 8.60. The molecular formula is C21H17N3O4. The molecule has 1 aromatic heterocycles. The van der Waals surface area contributed by atoms with Crippen LogP contribution in [0, 0.1) is 11.3 Å². The number of oxazole rings is 1. The van der Waals surface area contributed by atoms with E-state index in [0.717, 1.165) is 22.6 Å². The Balaban J connectivity index is 1.47. The van der Waals surface area contributed by atoms with E-state index in [1.165, 1.54) is 0 Å². The predicted molar refractivity (Wildman–Crippen MR) is 103 cm³/mol. The van der Waals surface area contributed by atoms with Crippen LogP contribution >= 0.6 is 0 Å². The molecule has 1 aliphatic rings. The van der Waals surface area contributed by atoms with Gasteiger partial charge in [-0.05, 0) is 41.5 Å². The van der Waals surface area contributed by atoms with E-state index in [-0.39, 0.29) is 12.5 Å². The Kier molecular flexibility index (Phi) is 4.85. The second kappa shape index (κ2) is 7.76. The van der Waals surface area contributed by atoms with Crippen LogP contribution in [0.5, 0.6) is 17.2 Å². The molecule has 0 atom stereocenters. The lowest BCUT2D eigenvalue weighted by Crippen LogP contribution is -1.99. The number of fused-ring (bicyclic) bond motifs is 1. The molecular weight excluding hydrogens is 358 g/mol. The zero-order valence-electron chi connectivity index (χ0n) is 15.1. The van der Waals surface area contributed by atoms with Gasteiger partial charge >= 0.3 is 0 Å². The average Bonchev–Trinajstić information content (AvgIpc) is 3.36. The van der Waals surface area contributed by atoms with E-state index in [9.17, 15) is 5.26 Å². The number of anilines is 1. The molecule has 4 rings (SSSR count). The fourth-order valence-corrected chi connectivity index (χ4v) is 2.75. The van der Waals surface area contributed by atoms with Gasteiger partial charge in [0.05, 0.1) is 7.11 Å². The SMILES string of the molecule is COc1cccc(C=Cc2nc(C#N)c(NCc3ccc4c(c3)OCO4)o2)c1. The lowest BCUT2D eigenvalue weighted by Gasteiger charge is -2.04. The molecule has 1 aliphatic heterocycles. The number of hydrogen-bond acceptors (Lipinski definition) is 7. The topological polar surface area (TPSA) is 89.5 Å². The Morgan fingerprint density at radius 2 is 2.07 bits per heavy atom. The average molecular weight is 375 g/mol. The predicted octanol–water partition coefficient (Wildman–Crippen LogP) is 4.07. The largest absolute Gasteiger partial charge is 0.497 e. The number of rotatable bonds is 6. The molecule has 2 aromatic carbocycles. The van der Waals surface area contributed by atoms with Gasteiger partial charge in [-0.3, -0.25) is 0 Å². The summed E-state index contributed by atoms with van der Waals surface area (Å²) >= 11 is 0. The number of benzene rings is 2. The first kappa shape index (κ1) is 17.5. The quantitative estimate of drug-likeness (QED) is 0.695. The Labute approximate surface area is 161 Å². The second-order valence-electron chi connectivity index (χ2n) is 5.99. The second-order valence-corrected chi connectivity index (χ2v) is 5.99. The monoisotopic (exact) mass is 375 g/mol. The van der Waals surface area contributed by atoms with Crippen molar-refractivity contribution >= 4 is 18.0 Å². The maximum Gasteiger partial charge on any atom is 0.232 e. The van der Waals surface area contributed by atoms with Crippen molar-refractivity contribution in [1.82, 2.24) is 4.98 Å². The van der Waals surface area contributed by atoms with Crippen molar-refractivity contribution in [2.45, 2.75) is 6.54 Å². The molecule has 0 saturated heterocycles. The van der Waals surface area contributed by atoms with E-state index in [2.05, 4.69) is 10.3 Å². The van der Waals surface area contributed by atoms with Crippen LogP contribution in [-0.2, 0) is 6.54 Å². The summed E-state index contributed by atoms with van der Waals surface area (Å²) in [7, 11) is 1.62. The highest BCUT2D eigenvalue weighted by Crippen LogP contribution is 2.32. The minimum Gasteiger partial charge on any atom is -0.497 e. The third kappa shape index (κ3) is 3.76. The summed E-state index contributed by atoms with van der Waals surface area (Å²) in [5.41, 5.74) is 2.11. The number of ether oxygens (including phenoxy) is 3. The van der Waals surface area contributed by atoms with Crippen molar-refractivity contribution in [1.29, 1.82) is 5.26 Å². The molecule has 7 nitrogen and oxygen atoms in total. The number of methoxy groups -OCH3 is 1. The van der Waals surface area contributed by atoms with Crippen LogP contribution in [0.15, 0.2) is 46.9 Å². The number of nitrogens with zero attached hydrogens (tertiary/aromatic N) is 2. The van der Waals surface area contributed by atoms with Gasteiger partial charge in [0.15, 0.2) is 11.5 Å². The van der Waals surface area contributed by atoms with Gasteiger partial charge in [0.25, 0.3) is 0 Å². The van der Waals surface area contributed by atoms with E-state index >= 15 is 0 Å². The van der Waals surface area contributed by atoms with Crippen molar-refractivity contribution in [2.75, 3.05) is 19.2 Å². The maximum atomic E-state index is 9.32. The molecule has 1 N–H and O–H groups in total. The molecule has 2 heterocycles. The molecule has 28 heavy (non-hydrogen) atoms. The summed E-state index contributed by atoms with van der Waals surface area (Å²) in [6, 6.07) is 15.3. The molecule has 7 heteroatoms. The zero-order valence-corrected chi connectivity index (χ0v) is 15.1. The number of aromatic nitrogens is 1. The van der Waals surface area contributed by atoms with Crippen molar-refractivity contribution in [3.63, 3.8) is 0 Å². The third-order valence-corrected chi connectivity index (χ3v) is 4.15. The van der Waals surface area contributed by atoms with Gasteiger partial charge in [-0.15, -0.1) is 0 Å². The zero-order chi connectivity index (χ0) is 19.3. The van der Waals surface area contributed by atoms with E-state index in [1.807, 2.05) is 54.6 Å². The Bertz CT molecular complexity index is 1070. The molecule has 0 saturated carbocycles. The fourth-order valence-electron chi connectivity index (χ4n) is 2.75. The van der Waals surface area contributed by atoms with Crippen molar-refractivity contribution in [2.24, 2.45) is 0 Å². The number of nitriles is 1. The smallest absolute Gasteiger partial charge is 0.232 e. The van der Waals surface area contributed by atoms with Crippen LogP contribution in [0.4, 0.5) is 5.88 Å². The molecule has 0 unspecified atom stereocenters. The van der Waals surface area contributed by atoms with Gasteiger partial charge in [-0.2, -0.15) is 10.2 Å². The Morgan fingerprint density at radius 3 is 2.93 bits per heavy atom. The summed E-state index contributed by atoms with van der Waals surface area (Å²) in [6.45, 7) is 0.690. The summed E-state index contributed by atoms with van der Waals surface area (Å²) in [5.74, 6) is 2.86. The summed E-state index contributed by atoms with van der Waals surface area (Å²) in [5, 5.41) is 12.4. The van der Waals surface area contributed by atoms with E-state index in [1.54, 1.807) is 13.2 Å². The van der Waals surface area contributed by atoms with Crippen LogP contribution in [0.3, 0.4) is 0 Å². The molecule has 0 amide bonds.